The molecule has 3 aromatic carbocycles. The molecule has 0 amide bonds. The Bertz CT molecular complexity index is 1570. The van der Waals surface area contributed by atoms with E-state index in [0.717, 1.165) is 59.6 Å². The Kier molecular flexibility index (Phi) is 6.66. The smallest absolute Gasteiger partial charge is 0.178 e. The van der Waals surface area contributed by atoms with Crippen LogP contribution in [0, 0.1) is 6.92 Å². The SMILES string of the molecule is Cc1ccc2nc(C3CCS(=O)(=O)c4ccccc4C3)nc(NCC3(NCc4ccccc4)CCC3)c2c1. The summed E-state index contributed by atoms with van der Waals surface area (Å²) in [5.41, 5.74) is 4.23. The molecule has 0 spiro atoms. The van der Waals surface area contributed by atoms with Gasteiger partial charge in [0.25, 0.3) is 0 Å². The Hall–Kier alpha value is -3.29. The van der Waals surface area contributed by atoms with E-state index in [1.807, 2.05) is 18.2 Å². The van der Waals surface area contributed by atoms with Crippen molar-refractivity contribution < 1.29 is 8.42 Å². The minimum Gasteiger partial charge on any atom is -0.368 e. The molecular formula is C31H34N4O2S. The molecule has 0 saturated heterocycles. The van der Waals surface area contributed by atoms with E-state index >= 15 is 0 Å². The Labute approximate surface area is 224 Å². The van der Waals surface area contributed by atoms with Gasteiger partial charge in [-0.15, -0.1) is 0 Å². The van der Waals surface area contributed by atoms with E-state index in [-0.39, 0.29) is 17.2 Å². The van der Waals surface area contributed by atoms with Crippen LogP contribution in [-0.4, -0.2) is 36.2 Å². The van der Waals surface area contributed by atoms with Crippen molar-refractivity contribution in [2.75, 3.05) is 17.6 Å². The van der Waals surface area contributed by atoms with Crippen LogP contribution in [0.3, 0.4) is 0 Å². The zero-order chi connectivity index (χ0) is 26.2. The molecule has 6 rings (SSSR count). The zero-order valence-electron chi connectivity index (χ0n) is 21.8. The molecule has 196 valence electrons. The molecule has 2 heterocycles. The van der Waals surface area contributed by atoms with Crippen molar-refractivity contribution in [2.24, 2.45) is 0 Å². The number of sulfone groups is 1. The molecule has 4 aromatic rings. The molecule has 1 aromatic heterocycles. The monoisotopic (exact) mass is 526 g/mol. The van der Waals surface area contributed by atoms with Gasteiger partial charge in [-0.05, 0) is 68.4 Å². The van der Waals surface area contributed by atoms with Crippen molar-refractivity contribution in [1.29, 1.82) is 0 Å². The minimum atomic E-state index is -3.31. The van der Waals surface area contributed by atoms with Gasteiger partial charge in [0.15, 0.2) is 9.84 Å². The summed E-state index contributed by atoms with van der Waals surface area (Å²) in [6.07, 6.45) is 4.59. The summed E-state index contributed by atoms with van der Waals surface area (Å²) < 4.78 is 25.9. The number of hydrogen-bond donors (Lipinski definition) is 2. The van der Waals surface area contributed by atoms with Crippen molar-refractivity contribution in [3.8, 4) is 0 Å². The molecule has 2 aliphatic rings. The molecule has 1 atom stereocenters. The largest absolute Gasteiger partial charge is 0.368 e. The van der Waals surface area contributed by atoms with Gasteiger partial charge in [-0.3, -0.25) is 0 Å². The van der Waals surface area contributed by atoms with Crippen LogP contribution in [-0.2, 0) is 22.8 Å². The fraction of sp³-hybridized carbons (Fsp3) is 0.355. The average molecular weight is 527 g/mol. The topological polar surface area (TPSA) is 84.0 Å². The Morgan fingerprint density at radius 3 is 2.55 bits per heavy atom. The predicted molar refractivity (Wildman–Crippen MR) is 152 cm³/mol. The summed E-state index contributed by atoms with van der Waals surface area (Å²) in [7, 11) is -3.31. The lowest BCUT2D eigenvalue weighted by Gasteiger charge is -2.43. The molecule has 0 radical (unpaired) electrons. The molecule has 2 N–H and O–H groups in total. The highest BCUT2D eigenvalue weighted by Gasteiger charge is 2.36. The first-order valence-corrected chi connectivity index (χ1v) is 15.2. The average Bonchev–Trinajstić information content (AvgIpc) is 3.04. The fourth-order valence-electron chi connectivity index (χ4n) is 5.71. The van der Waals surface area contributed by atoms with Crippen LogP contribution < -0.4 is 10.6 Å². The number of aryl methyl sites for hydroxylation is 1. The molecule has 1 saturated carbocycles. The summed E-state index contributed by atoms with van der Waals surface area (Å²) >= 11 is 0. The number of aromatic nitrogens is 2. The number of benzene rings is 3. The van der Waals surface area contributed by atoms with Crippen LogP contribution in [0.1, 0.15) is 54.1 Å². The third-order valence-electron chi connectivity index (χ3n) is 8.16. The third kappa shape index (κ3) is 5.05. The number of nitrogens with zero attached hydrogens (tertiary/aromatic N) is 2. The van der Waals surface area contributed by atoms with Crippen molar-refractivity contribution in [3.05, 3.63) is 95.3 Å². The highest BCUT2D eigenvalue weighted by Crippen LogP contribution is 2.35. The number of hydrogen-bond acceptors (Lipinski definition) is 6. The molecule has 6 nitrogen and oxygen atoms in total. The van der Waals surface area contributed by atoms with Gasteiger partial charge in [-0.25, -0.2) is 18.4 Å². The molecule has 1 fully saturated rings. The van der Waals surface area contributed by atoms with Crippen LogP contribution in [0.15, 0.2) is 77.7 Å². The Morgan fingerprint density at radius 2 is 1.76 bits per heavy atom. The lowest BCUT2D eigenvalue weighted by molar-refractivity contribution is 0.197. The molecule has 7 heteroatoms. The summed E-state index contributed by atoms with van der Waals surface area (Å²) in [5, 5.41) is 8.51. The maximum Gasteiger partial charge on any atom is 0.178 e. The number of anilines is 1. The van der Waals surface area contributed by atoms with Gasteiger partial charge in [0.2, 0.25) is 0 Å². The molecule has 1 unspecified atom stereocenters. The van der Waals surface area contributed by atoms with E-state index in [0.29, 0.717) is 17.7 Å². The van der Waals surface area contributed by atoms with Gasteiger partial charge in [0, 0.05) is 29.9 Å². The van der Waals surface area contributed by atoms with Crippen LogP contribution in [0.2, 0.25) is 0 Å². The lowest BCUT2D eigenvalue weighted by Crippen LogP contribution is -2.55. The van der Waals surface area contributed by atoms with E-state index in [1.54, 1.807) is 12.1 Å². The van der Waals surface area contributed by atoms with E-state index in [2.05, 4.69) is 60.0 Å². The van der Waals surface area contributed by atoms with Gasteiger partial charge in [0.1, 0.15) is 11.6 Å². The summed E-state index contributed by atoms with van der Waals surface area (Å²) in [6.45, 7) is 3.70. The van der Waals surface area contributed by atoms with Crippen LogP contribution >= 0.6 is 0 Å². The first-order chi connectivity index (χ1) is 18.4. The van der Waals surface area contributed by atoms with Gasteiger partial charge in [0.05, 0.1) is 16.2 Å². The van der Waals surface area contributed by atoms with Crippen molar-refractivity contribution >= 4 is 26.6 Å². The molecule has 1 aliphatic carbocycles. The summed E-state index contributed by atoms with van der Waals surface area (Å²) in [6, 6.07) is 24.1. The number of rotatable bonds is 7. The van der Waals surface area contributed by atoms with E-state index in [4.69, 9.17) is 9.97 Å². The van der Waals surface area contributed by atoms with Crippen LogP contribution in [0.4, 0.5) is 5.82 Å². The second kappa shape index (κ2) is 10.1. The normalized spacial score (nSPS) is 19.8. The van der Waals surface area contributed by atoms with E-state index < -0.39 is 9.84 Å². The van der Waals surface area contributed by atoms with Gasteiger partial charge in [-0.2, -0.15) is 0 Å². The fourth-order valence-corrected chi connectivity index (χ4v) is 7.36. The van der Waals surface area contributed by atoms with Gasteiger partial charge in [-0.1, -0.05) is 60.2 Å². The second-order valence-corrected chi connectivity index (χ2v) is 13.0. The quantitative estimate of drug-likeness (QED) is 0.328. The van der Waals surface area contributed by atoms with Gasteiger partial charge < -0.3 is 10.6 Å². The number of nitrogens with one attached hydrogen (secondary N) is 2. The summed E-state index contributed by atoms with van der Waals surface area (Å²) in [5.74, 6) is 1.60. The molecular weight excluding hydrogens is 492 g/mol. The first kappa shape index (κ1) is 25.0. The number of fused-ring (bicyclic) bond motifs is 2. The molecule has 0 bridgehead atoms. The Morgan fingerprint density at radius 1 is 0.974 bits per heavy atom. The lowest BCUT2D eigenvalue weighted by atomic mass is 9.76. The first-order valence-electron chi connectivity index (χ1n) is 13.5. The van der Waals surface area contributed by atoms with Crippen molar-refractivity contribution in [3.63, 3.8) is 0 Å². The van der Waals surface area contributed by atoms with Gasteiger partial charge >= 0.3 is 0 Å². The van der Waals surface area contributed by atoms with Crippen molar-refractivity contribution in [2.45, 2.75) is 61.9 Å². The van der Waals surface area contributed by atoms with Crippen LogP contribution in [0.5, 0.6) is 0 Å². The maximum atomic E-state index is 12.9. The highest BCUT2D eigenvalue weighted by molar-refractivity contribution is 7.91. The minimum absolute atomic E-state index is 0.0342. The predicted octanol–water partition coefficient (Wildman–Crippen LogP) is 5.57. The third-order valence-corrected chi connectivity index (χ3v) is 10.00. The summed E-state index contributed by atoms with van der Waals surface area (Å²) in [4.78, 5) is 10.5. The van der Waals surface area contributed by atoms with E-state index in [1.165, 1.54) is 12.0 Å². The standard InChI is InChI=1S/C31H34N4O2S/c1-22-12-13-27-26(18-22)30(32-21-31(15-7-16-31)33-20-23-8-3-2-4-9-23)35-29(34-27)25-14-17-38(36,37)28-11-6-5-10-24(28)19-25/h2-6,8-13,18,25,33H,7,14-17,19-21H2,1H3,(H,32,34,35). The van der Waals surface area contributed by atoms with Crippen molar-refractivity contribution in [1.82, 2.24) is 15.3 Å². The Balaban J connectivity index is 1.29. The highest BCUT2D eigenvalue weighted by atomic mass is 32.2. The van der Waals surface area contributed by atoms with E-state index in [9.17, 15) is 8.42 Å². The molecule has 38 heavy (non-hydrogen) atoms. The second-order valence-electron chi connectivity index (χ2n) is 10.9. The molecule has 1 aliphatic heterocycles. The zero-order valence-corrected chi connectivity index (χ0v) is 22.6. The maximum absolute atomic E-state index is 12.9. The van der Waals surface area contributed by atoms with Crippen LogP contribution in [0.25, 0.3) is 10.9 Å².